The standard InChI is InChI=1S/C14H15O/c1-3-11(2)15-14-10-6-8-12-7-4-5-9-13(12)14/h4-5,7-11H,3H2,1-2H3. The fraction of sp³-hybridized carbons (Fsp3) is 0.286. The molecular weight excluding hydrogens is 184 g/mol. The molecule has 1 nitrogen and oxygen atoms in total. The van der Waals surface area contributed by atoms with Gasteiger partial charge in [-0.05, 0) is 36.9 Å². The molecule has 0 aliphatic rings. The first kappa shape index (κ1) is 10.0. The molecule has 0 N–H and O–H groups in total. The Morgan fingerprint density at radius 2 is 2.07 bits per heavy atom. The van der Waals surface area contributed by atoms with Crippen LogP contribution < -0.4 is 4.74 Å². The van der Waals surface area contributed by atoms with Crippen LogP contribution in [0.2, 0.25) is 0 Å². The van der Waals surface area contributed by atoms with Gasteiger partial charge in [-0.25, -0.2) is 0 Å². The SMILES string of the molecule is CCC(C)Oc1c[c]cc2ccccc12. The summed E-state index contributed by atoms with van der Waals surface area (Å²) in [6.07, 6.45) is 1.27. The number of hydrogen-bond acceptors (Lipinski definition) is 1. The van der Waals surface area contributed by atoms with E-state index in [-0.39, 0.29) is 6.10 Å². The predicted molar refractivity (Wildman–Crippen MR) is 63.2 cm³/mol. The molecule has 0 saturated carbocycles. The summed E-state index contributed by atoms with van der Waals surface area (Å²) in [5.41, 5.74) is 0. The molecule has 0 saturated heterocycles. The molecule has 15 heavy (non-hydrogen) atoms. The average molecular weight is 199 g/mol. The molecule has 0 aliphatic carbocycles. The fourth-order valence-electron chi connectivity index (χ4n) is 1.53. The Labute approximate surface area is 90.7 Å². The number of benzene rings is 2. The molecule has 0 aliphatic heterocycles. The van der Waals surface area contributed by atoms with E-state index in [9.17, 15) is 0 Å². The summed E-state index contributed by atoms with van der Waals surface area (Å²) in [6.45, 7) is 4.21. The molecule has 0 spiro atoms. The lowest BCUT2D eigenvalue weighted by atomic mass is 10.1. The summed E-state index contributed by atoms with van der Waals surface area (Å²) >= 11 is 0. The topological polar surface area (TPSA) is 9.23 Å². The monoisotopic (exact) mass is 199 g/mol. The van der Waals surface area contributed by atoms with Crippen molar-refractivity contribution in [1.29, 1.82) is 0 Å². The Hall–Kier alpha value is -1.50. The summed E-state index contributed by atoms with van der Waals surface area (Å²) < 4.78 is 5.85. The van der Waals surface area contributed by atoms with Crippen LogP contribution in [-0.4, -0.2) is 6.10 Å². The van der Waals surface area contributed by atoms with Crippen molar-refractivity contribution in [2.24, 2.45) is 0 Å². The first-order valence-electron chi connectivity index (χ1n) is 5.36. The number of hydrogen-bond donors (Lipinski definition) is 0. The molecule has 1 radical (unpaired) electrons. The third kappa shape index (κ3) is 2.12. The van der Waals surface area contributed by atoms with Gasteiger partial charge in [-0.3, -0.25) is 0 Å². The molecule has 77 valence electrons. The Morgan fingerprint density at radius 3 is 2.87 bits per heavy atom. The zero-order chi connectivity index (χ0) is 10.7. The largest absolute Gasteiger partial charge is 0.490 e. The van der Waals surface area contributed by atoms with Gasteiger partial charge in [0.2, 0.25) is 0 Å². The van der Waals surface area contributed by atoms with Gasteiger partial charge < -0.3 is 4.74 Å². The number of fused-ring (bicyclic) bond motifs is 1. The lowest BCUT2D eigenvalue weighted by Gasteiger charge is -2.14. The van der Waals surface area contributed by atoms with E-state index < -0.39 is 0 Å². The maximum atomic E-state index is 5.85. The van der Waals surface area contributed by atoms with Crippen LogP contribution in [0, 0.1) is 6.07 Å². The van der Waals surface area contributed by atoms with Gasteiger partial charge in [0.15, 0.2) is 0 Å². The van der Waals surface area contributed by atoms with E-state index in [4.69, 9.17) is 4.74 Å². The summed E-state index contributed by atoms with van der Waals surface area (Å²) in [6, 6.07) is 15.2. The van der Waals surface area contributed by atoms with Crippen molar-refractivity contribution in [3.8, 4) is 5.75 Å². The zero-order valence-corrected chi connectivity index (χ0v) is 9.16. The highest BCUT2D eigenvalue weighted by Gasteiger charge is 2.04. The van der Waals surface area contributed by atoms with Crippen LogP contribution in [0.15, 0.2) is 36.4 Å². The Morgan fingerprint density at radius 1 is 1.27 bits per heavy atom. The third-order valence-corrected chi connectivity index (χ3v) is 2.58. The molecule has 1 unspecified atom stereocenters. The molecule has 2 rings (SSSR count). The van der Waals surface area contributed by atoms with Crippen LogP contribution in [0.4, 0.5) is 0 Å². The third-order valence-electron chi connectivity index (χ3n) is 2.58. The van der Waals surface area contributed by atoms with Crippen molar-refractivity contribution >= 4 is 10.8 Å². The van der Waals surface area contributed by atoms with Crippen molar-refractivity contribution in [3.63, 3.8) is 0 Å². The molecule has 0 aromatic heterocycles. The fourth-order valence-corrected chi connectivity index (χ4v) is 1.53. The van der Waals surface area contributed by atoms with Crippen molar-refractivity contribution in [2.45, 2.75) is 26.4 Å². The molecule has 0 amide bonds. The van der Waals surface area contributed by atoms with E-state index >= 15 is 0 Å². The minimum Gasteiger partial charge on any atom is -0.490 e. The minimum absolute atomic E-state index is 0.254. The van der Waals surface area contributed by atoms with Gasteiger partial charge in [-0.15, -0.1) is 0 Å². The predicted octanol–water partition coefficient (Wildman–Crippen LogP) is 3.82. The van der Waals surface area contributed by atoms with E-state index in [1.165, 1.54) is 5.39 Å². The second kappa shape index (κ2) is 4.35. The van der Waals surface area contributed by atoms with Gasteiger partial charge in [0.1, 0.15) is 5.75 Å². The highest BCUT2D eigenvalue weighted by Crippen LogP contribution is 2.25. The van der Waals surface area contributed by atoms with Crippen LogP contribution in [0.25, 0.3) is 10.8 Å². The summed E-state index contributed by atoms with van der Waals surface area (Å²) in [5.74, 6) is 0.933. The van der Waals surface area contributed by atoms with Gasteiger partial charge in [-0.2, -0.15) is 0 Å². The van der Waals surface area contributed by atoms with Gasteiger partial charge in [0, 0.05) is 5.39 Å². The van der Waals surface area contributed by atoms with Crippen LogP contribution in [0.1, 0.15) is 20.3 Å². The van der Waals surface area contributed by atoms with E-state index in [0.29, 0.717) is 0 Å². The first-order chi connectivity index (χ1) is 7.31. The van der Waals surface area contributed by atoms with E-state index in [2.05, 4.69) is 32.0 Å². The van der Waals surface area contributed by atoms with E-state index in [0.717, 1.165) is 17.6 Å². The van der Waals surface area contributed by atoms with Crippen molar-refractivity contribution in [1.82, 2.24) is 0 Å². The van der Waals surface area contributed by atoms with Crippen LogP contribution in [-0.2, 0) is 0 Å². The molecule has 1 atom stereocenters. The second-order valence-electron chi connectivity index (χ2n) is 3.74. The van der Waals surface area contributed by atoms with Gasteiger partial charge >= 0.3 is 0 Å². The quantitative estimate of drug-likeness (QED) is 0.730. The Bertz CT molecular complexity index is 443. The Balaban J connectivity index is 2.42. The highest BCUT2D eigenvalue weighted by atomic mass is 16.5. The van der Waals surface area contributed by atoms with Gasteiger partial charge in [0.05, 0.1) is 6.10 Å². The van der Waals surface area contributed by atoms with E-state index in [1.807, 2.05) is 24.3 Å². The lowest BCUT2D eigenvalue weighted by molar-refractivity contribution is 0.220. The highest BCUT2D eigenvalue weighted by molar-refractivity contribution is 5.88. The minimum atomic E-state index is 0.254. The Kier molecular flexibility index (Phi) is 2.91. The number of ether oxygens (including phenoxy) is 1. The normalized spacial score (nSPS) is 12.7. The maximum absolute atomic E-state index is 5.85. The van der Waals surface area contributed by atoms with Crippen LogP contribution in [0.3, 0.4) is 0 Å². The molecule has 2 aromatic rings. The molecular formula is C14H15O. The van der Waals surface area contributed by atoms with Crippen molar-refractivity contribution < 1.29 is 4.74 Å². The molecule has 0 bridgehead atoms. The number of rotatable bonds is 3. The smallest absolute Gasteiger partial charge is 0.128 e. The maximum Gasteiger partial charge on any atom is 0.128 e. The second-order valence-corrected chi connectivity index (χ2v) is 3.74. The van der Waals surface area contributed by atoms with Gasteiger partial charge in [-0.1, -0.05) is 31.2 Å². The molecule has 1 heteroatoms. The first-order valence-corrected chi connectivity index (χ1v) is 5.36. The van der Waals surface area contributed by atoms with Gasteiger partial charge in [0.25, 0.3) is 0 Å². The summed E-state index contributed by atoms with van der Waals surface area (Å²) in [7, 11) is 0. The van der Waals surface area contributed by atoms with Crippen LogP contribution >= 0.6 is 0 Å². The molecule has 2 aromatic carbocycles. The van der Waals surface area contributed by atoms with Crippen LogP contribution in [0.5, 0.6) is 5.75 Å². The van der Waals surface area contributed by atoms with Crippen molar-refractivity contribution in [3.05, 3.63) is 42.5 Å². The zero-order valence-electron chi connectivity index (χ0n) is 9.16. The molecule has 0 fully saturated rings. The average Bonchev–Trinajstić information content (AvgIpc) is 2.29. The lowest BCUT2D eigenvalue weighted by Crippen LogP contribution is -2.09. The summed E-state index contributed by atoms with van der Waals surface area (Å²) in [5, 5.41) is 2.34. The molecule has 0 heterocycles. The van der Waals surface area contributed by atoms with Crippen molar-refractivity contribution in [2.75, 3.05) is 0 Å². The summed E-state index contributed by atoms with van der Waals surface area (Å²) in [4.78, 5) is 0. The van der Waals surface area contributed by atoms with E-state index in [1.54, 1.807) is 0 Å².